The quantitative estimate of drug-likeness (QED) is 0.308. The summed E-state index contributed by atoms with van der Waals surface area (Å²) in [6.07, 6.45) is 4.54. The molecule has 0 aliphatic carbocycles. The largest absolute Gasteiger partial charge is 0.355 e. The summed E-state index contributed by atoms with van der Waals surface area (Å²) in [4.78, 5) is 6.79. The van der Waals surface area contributed by atoms with Crippen molar-refractivity contribution in [1.29, 1.82) is 0 Å². The fourth-order valence-electron chi connectivity index (χ4n) is 2.03. The van der Waals surface area contributed by atoms with E-state index in [1.165, 1.54) is 19.4 Å². The molecule has 0 spiro atoms. The van der Waals surface area contributed by atoms with Crippen LogP contribution in [0.3, 0.4) is 0 Å². The molecule has 0 bridgehead atoms. The number of rotatable bonds is 10. The van der Waals surface area contributed by atoms with Crippen molar-refractivity contribution in [3.8, 4) is 0 Å². The Morgan fingerprint density at radius 3 is 2.32 bits per heavy atom. The minimum absolute atomic E-state index is 0. The Balaban J connectivity index is 0. The zero-order valence-electron chi connectivity index (χ0n) is 15.5. The van der Waals surface area contributed by atoms with Crippen molar-refractivity contribution >= 4 is 41.7 Å². The fraction of sp³-hybridized carbons (Fsp3) is 0.938. The van der Waals surface area contributed by atoms with Gasteiger partial charge in [-0.25, -0.2) is 0 Å². The molecule has 6 heteroatoms. The van der Waals surface area contributed by atoms with E-state index in [4.69, 9.17) is 0 Å². The van der Waals surface area contributed by atoms with Gasteiger partial charge in [-0.3, -0.25) is 4.99 Å². The highest BCUT2D eigenvalue weighted by atomic mass is 127. The van der Waals surface area contributed by atoms with Crippen LogP contribution in [0.5, 0.6) is 0 Å². The van der Waals surface area contributed by atoms with Gasteiger partial charge < -0.3 is 15.5 Å². The van der Waals surface area contributed by atoms with Crippen LogP contribution in [0, 0.1) is 0 Å². The minimum atomic E-state index is 0. The molecule has 4 nitrogen and oxygen atoms in total. The van der Waals surface area contributed by atoms with E-state index in [0.29, 0.717) is 6.04 Å². The van der Waals surface area contributed by atoms with E-state index in [0.717, 1.165) is 25.6 Å². The van der Waals surface area contributed by atoms with Gasteiger partial charge in [-0.05, 0) is 59.5 Å². The molecule has 0 amide bonds. The molecule has 0 heterocycles. The highest BCUT2D eigenvalue weighted by molar-refractivity contribution is 14.0. The molecule has 134 valence electrons. The summed E-state index contributed by atoms with van der Waals surface area (Å²) in [7, 11) is 1.84. The first-order chi connectivity index (χ1) is 9.88. The lowest BCUT2D eigenvalue weighted by atomic mass is 10.1. The molecule has 0 aromatic carbocycles. The number of hydrogen-bond acceptors (Lipinski definition) is 3. The molecule has 0 aliphatic heterocycles. The second-order valence-electron chi connectivity index (χ2n) is 6.10. The fourth-order valence-corrected chi connectivity index (χ4v) is 2.25. The van der Waals surface area contributed by atoms with Crippen molar-refractivity contribution in [2.75, 3.05) is 39.5 Å². The first kappa shape index (κ1) is 24.6. The molecule has 0 saturated heterocycles. The van der Waals surface area contributed by atoms with E-state index in [1.807, 2.05) is 18.8 Å². The zero-order chi connectivity index (χ0) is 16.3. The van der Waals surface area contributed by atoms with Gasteiger partial charge in [-0.1, -0.05) is 13.8 Å². The van der Waals surface area contributed by atoms with E-state index in [9.17, 15) is 0 Å². The van der Waals surface area contributed by atoms with Crippen molar-refractivity contribution < 1.29 is 0 Å². The van der Waals surface area contributed by atoms with E-state index >= 15 is 0 Å². The lowest BCUT2D eigenvalue weighted by molar-refractivity contribution is 0.292. The van der Waals surface area contributed by atoms with Crippen LogP contribution in [0.2, 0.25) is 0 Å². The van der Waals surface area contributed by atoms with E-state index in [1.54, 1.807) is 0 Å². The van der Waals surface area contributed by atoms with Gasteiger partial charge in [0.25, 0.3) is 0 Å². The molecule has 0 radical (unpaired) electrons. The summed E-state index contributed by atoms with van der Waals surface area (Å²) >= 11 is 1.87. The van der Waals surface area contributed by atoms with Crippen molar-refractivity contribution in [1.82, 2.24) is 15.5 Å². The number of halogens is 1. The Hall–Kier alpha value is 0.310. The molecule has 2 N–H and O–H groups in total. The van der Waals surface area contributed by atoms with Crippen LogP contribution < -0.4 is 10.6 Å². The third kappa shape index (κ3) is 11.8. The Bertz CT molecular complexity index is 294. The second-order valence-corrected chi connectivity index (χ2v) is 7.62. The van der Waals surface area contributed by atoms with E-state index in [2.05, 4.69) is 61.4 Å². The van der Waals surface area contributed by atoms with Gasteiger partial charge in [0.05, 0.1) is 0 Å². The SMILES string of the molecule is CCN(CC)CCCC(C)NC(=NC)NCC(C)(C)SC.I. The summed E-state index contributed by atoms with van der Waals surface area (Å²) in [5.74, 6) is 0.910. The monoisotopic (exact) mass is 444 g/mol. The molecule has 0 saturated carbocycles. The standard InChI is InChI=1S/C16H36N4S.HI/c1-8-20(9-2)12-10-11-14(3)19-15(17-6)18-13-16(4,5)21-7;/h14H,8-13H2,1-7H3,(H2,17,18,19);1H. The van der Waals surface area contributed by atoms with Crippen LogP contribution in [-0.2, 0) is 0 Å². The Labute approximate surface area is 159 Å². The van der Waals surface area contributed by atoms with Gasteiger partial charge in [0.2, 0.25) is 0 Å². The molecular weight excluding hydrogens is 407 g/mol. The lowest BCUT2D eigenvalue weighted by Gasteiger charge is -2.25. The molecule has 0 aromatic rings. The number of nitrogens with one attached hydrogen (secondary N) is 2. The third-order valence-electron chi connectivity index (χ3n) is 3.85. The summed E-state index contributed by atoms with van der Waals surface area (Å²) in [5.41, 5.74) is 0. The van der Waals surface area contributed by atoms with Gasteiger partial charge in [-0.2, -0.15) is 11.8 Å². The van der Waals surface area contributed by atoms with Gasteiger partial charge in [-0.15, -0.1) is 24.0 Å². The van der Waals surface area contributed by atoms with Crippen LogP contribution in [-0.4, -0.2) is 61.1 Å². The molecule has 0 fully saturated rings. The zero-order valence-corrected chi connectivity index (χ0v) is 18.7. The van der Waals surface area contributed by atoms with Crippen LogP contribution in [0.25, 0.3) is 0 Å². The maximum absolute atomic E-state index is 4.32. The summed E-state index contributed by atoms with van der Waals surface area (Å²) in [6.45, 7) is 15.6. The van der Waals surface area contributed by atoms with E-state index in [-0.39, 0.29) is 28.7 Å². The Morgan fingerprint density at radius 2 is 1.86 bits per heavy atom. The summed E-state index contributed by atoms with van der Waals surface area (Å²) in [6, 6.07) is 0.448. The minimum Gasteiger partial charge on any atom is -0.355 e. The maximum Gasteiger partial charge on any atom is 0.191 e. The maximum atomic E-state index is 4.32. The molecule has 0 rings (SSSR count). The van der Waals surface area contributed by atoms with Gasteiger partial charge in [0, 0.05) is 24.4 Å². The van der Waals surface area contributed by atoms with Crippen molar-refractivity contribution in [2.45, 2.75) is 58.2 Å². The predicted octanol–water partition coefficient (Wildman–Crippen LogP) is 3.42. The van der Waals surface area contributed by atoms with Crippen LogP contribution >= 0.6 is 35.7 Å². The molecule has 0 aliphatic rings. The first-order valence-electron chi connectivity index (χ1n) is 8.13. The van der Waals surface area contributed by atoms with Crippen molar-refractivity contribution in [3.63, 3.8) is 0 Å². The predicted molar refractivity (Wildman–Crippen MR) is 114 cm³/mol. The number of nitrogens with zero attached hydrogens (tertiary/aromatic N) is 2. The molecule has 1 atom stereocenters. The highest BCUT2D eigenvalue weighted by Crippen LogP contribution is 2.19. The molecular formula is C16H37IN4S. The van der Waals surface area contributed by atoms with Crippen LogP contribution in [0.4, 0.5) is 0 Å². The topological polar surface area (TPSA) is 39.7 Å². The normalized spacial score (nSPS) is 13.7. The number of aliphatic imine (C=N–C) groups is 1. The summed E-state index contributed by atoms with van der Waals surface area (Å²) in [5, 5.41) is 6.90. The van der Waals surface area contributed by atoms with Gasteiger partial charge >= 0.3 is 0 Å². The van der Waals surface area contributed by atoms with Gasteiger partial charge in [0.15, 0.2) is 5.96 Å². The van der Waals surface area contributed by atoms with E-state index < -0.39 is 0 Å². The van der Waals surface area contributed by atoms with Crippen molar-refractivity contribution in [2.24, 2.45) is 4.99 Å². The third-order valence-corrected chi connectivity index (χ3v) is 5.10. The average molecular weight is 444 g/mol. The smallest absolute Gasteiger partial charge is 0.191 e. The highest BCUT2D eigenvalue weighted by Gasteiger charge is 2.16. The van der Waals surface area contributed by atoms with Gasteiger partial charge in [0.1, 0.15) is 0 Å². The Morgan fingerprint density at radius 1 is 1.27 bits per heavy atom. The number of thioether (sulfide) groups is 1. The van der Waals surface area contributed by atoms with Crippen molar-refractivity contribution in [3.05, 3.63) is 0 Å². The number of hydrogen-bond donors (Lipinski definition) is 2. The molecule has 0 aromatic heterocycles. The second kappa shape index (κ2) is 13.7. The lowest BCUT2D eigenvalue weighted by Crippen LogP contribution is -2.46. The van der Waals surface area contributed by atoms with Crippen LogP contribution in [0.1, 0.15) is 47.5 Å². The molecule has 1 unspecified atom stereocenters. The first-order valence-corrected chi connectivity index (χ1v) is 9.35. The summed E-state index contributed by atoms with van der Waals surface area (Å²) < 4.78 is 0.226. The molecule has 22 heavy (non-hydrogen) atoms. The Kier molecular flexibility index (Phi) is 15.3. The average Bonchev–Trinajstić information content (AvgIpc) is 2.48. The number of guanidine groups is 1. The van der Waals surface area contributed by atoms with Crippen LogP contribution in [0.15, 0.2) is 4.99 Å².